The van der Waals surface area contributed by atoms with Crippen LogP contribution in [0.4, 0.5) is 10.5 Å². The molecular formula is C24H32N3O+. The molecule has 2 aromatic carbocycles. The predicted octanol–water partition coefficient (Wildman–Crippen LogP) is 3.71. The van der Waals surface area contributed by atoms with Crippen molar-refractivity contribution in [2.45, 2.75) is 70.1 Å². The van der Waals surface area contributed by atoms with Crippen LogP contribution in [0.5, 0.6) is 0 Å². The number of carbonyl (C=O) groups is 1. The summed E-state index contributed by atoms with van der Waals surface area (Å²) >= 11 is 0. The molecule has 2 aromatic rings. The molecule has 0 saturated carbocycles. The Kier molecular flexibility index (Phi) is 5.67. The van der Waals surface area contributed by atoms with E-state index < -0.39 is 0 Å². The van der Waals surface area contributed by atoms with Gasteiger partial charge in [0.15, 0.2) is 0 Å². The lowest BCUT2D eigenvalue weighted by Gasteiger charge is -2.36. The lowest BCUT2D eigenvalue weighted by molar-refractivity contribution is -0.954. The molecule has 2 unspecified atom stereocenters. The summed E-state index contributed by atoms with van der Waals surface area (Å²) in [5.74, 6) is 0.502. The molecule has 2 fully saturated rings. The van der Waals surface area contributed by atoms with E-state index >= 15 is 0 Å². The standard InChI is InChI=1S/C24H31N3O/c1-17(2)19-8-10-20(11-9-19)25-24(28)26-21-14-22-12-13-23(15-21)27(22)16-18-6-4-3-5-7-18/h3-11,17,21-23H,12-16H2,1-2H3,(H2,25,26,28)/p+1/t21?,22-,23+. The third-order valence-electron chi connectivity index (χ3n) is 6.47. The molecule has 4 rings (SSSR count). The third kappa shape index (κ3) is 4.39. The van der Waals surface area contributed by atoms with E-state index in [2.05, 4.69) is 66.9 Å². The fourth-order valence-electron chi connectivity index (χ4n) is 4.97. The van der Waals surface area contributed by atoms with Crippen molar-refractivity contribution in [3.63, 3.8) is 0 Å². The maximum absolute atomic E-state index is 12.5. The zero-order valence-electron chi connectivity index (χ0n) is 16.9. The van der Waals surface area contributed by atoms with E-state index in [4.69, 9.17) is 0 Å². The van der Waals surface area contributed by atoms with Gasteiger partial charge in [0.25, 0.3) is 0 Å². The van der Waals surface area contributed by atoms with Gasteiger partial charge in [-0.25, -0.2) is 4.79 Å². The summed E-state index contributed by atoms with van der Waals surface area (Å²) in [6, 6.07) is 20.5. The number of piperidine rings is 1. The second-order valence-corrected chi connectivity index (χ2v) is 8.75. The molecule has 4 atom stereocenters. The maximum atomic E-state index is 12.5. The molecule has 2 aliphatic heterocycles. The second kappa shape index (κ2) is 8.36. The normalized spacial score (nSPS) is 26.2. The average Bonchev–Trinajstić information content (AvgIpc) is 2.91. The highest BCUT2D eigenvalue weighted by Crippen LogP contribution is 2.24. The molecule has 2 aliphatic rings. The fourth-order valence-corrected chi connectivity index (χ4v) is 4.97. The first-order valence-electron chi connectivity index (χ1n) is 10.7. The topological polar surface area (TPSA) is 45.6 Å². The molecule has 2 amide bonds. The van der Waals surface area contributed by atoms with Crippen molar-refractivity contribution < 1.29 is 9.69 Å². The Bertz CT molecular complexity index is 773. The van der Waals surface area contributed by atoms with Crippen molar-refractivity contribution in [2.75, 3.05) is 5.32 Å². The van der Waals surface area contributed by atoms with E-state index in [0.29, 0.717) is 18.0 Å². The van der Waals surface area contributed by atoms with Gasteiger partial charge in [0, 0.05) is 43.0 Å². The Morgan fingerprint density at radius 2 is 1.64 bits per heavy atom. The molecule has 0 aromatic heterocycles. The van der Waals surface area contributed by atoms with Gasteiger partial charge >= 0.3 is 6.03 Å². The van der Waals surface area contributed by atoms with Crippen LogP contribution in [0.1, 0.15) is 56.6 Å². The molecular weight excluding hydrogens is 346 g/mol. The van der Waals surface area contributed by atoms with Crippen LogP contribution < -0.4 is 15.5 Å². The second-order valence-electron chi connectivity index (χ2n) is 8.75. The van der Waals surface area contributed by atoms with Crippen LogP contribution in [-0.2, 0) is 6.54 Å². The van der Waals surface area contributed by atoms with E-state index in [0.717, 1.165) is 25.1 Å². The molecule has 3 N–H and O–H groups in total. The van der Waals surface area contributed by atoms with E-state index in [-0.39, 0.29) is 12.1 Å². The summed E-state index contributed by atoms with van der Waals surface area (Å²) in [4.78, 5) is 14.2. The Morgan fingerprint density at radius 3 is 2.25 bits per heavy atom. The Balaban J connectivity index is 1.30. The first kappa shape index (κ1) is 19.0. The number of quaternary nitrogens is 1. The molecule has 0 radical (unpaired) electrons. The lowest BCUT2D eigenvalue weighted by Crippen LogP contribution is -3.17. The minimum atomic E-state index is -0.0757. The quantitative estimate of drug-likeness (QED) is 0.730. The van der Waals surface area contributed by atoms with Crippen LogP contribution in [0.2, 0.25) is 0 Å². The molecule has 2 bridgehead atoms. The van der Waals surface area contributed by atoms with Gasteiger partial charge in [-0.05, 0) is 23.6 Å². The number of fused-ring (bicyclic) bond motifs is 2. The van der Waals surface area contributed by atoms with Crippen LogP contribution in [-0.4, -0.2) is 24.2 Å². The van der Waals surface area contributed by atoms with Crippen LogP contribution >= 0.6 is 0 Å². The Labute approximate surface area is 168 Å². The monoisotopic (exact) mass is 378 g/mol. The Hall–Kier alpha value is -2.33. The van der Waals surface area contributed by atoms with Crippen LogP contribution in [0.15, 0.2) is 54.6 Å². The number of carbonyl (C=O) groups excluding carboxylic acids is 1. The first-order chi connectivity index (χ1) is 13.6. The summed E-state index contributed by atoms with van der Waals surface area (Å²) in [6.07, 6.45) is 4.73. The number of rotatable bonds is 5. The summed E-state index contributed by atoms with van der Waals surface area (Å²) < 4.78 is 0. The van der Waals surface area contributed by atoms with Crippen molar-refractivity contribution in [3.8, 4) is 0 Å². The Morgan fingerprint density at radius 1 is 1.00 bits per heavy atom. The van der Waals surface area contributed by atoms with Crippen LogP contribution in [0.25, 0.3) is 0 Å². The van der Waals surface area contributed by atoms with Gasteiger partial charge in [-0.3, -0.25) is 0 Å². The molecule has 0 aliphatic carbocycles. The summed E-state index contributed by atoms with van der Waals surface area (Å²) in [5.41, 5.74) is 3.57. The number of amides is 2. The summed E-state index contributed by atoms with van der Waals surface area (Å²) in [7, 11) is 0. The molecule has 148 valence electrons. The molecule has 2 saturated heterocycles. The smallest absolute Gasteiger partial charge is 0.319 e. The largest absolute Gasteiger partial charge is 0.335 e. The highest BCUT2D eigenvalue weighted by molar-refractivity contribution is 5.89. The fraction of sp³-hybridized carbons (Fsp3) is 0.458. The molecule has 2 heterocycles. The number of nitrogens with one attached hydrogen (secondary N) is 3. The number of hydrogen-bond acceptors (Lipinski definition) is 1. The first-order valence-corrected chi connectivity index (χ1v) is 10.7. The van der Waals surface area contributed by atoms with Crippen molar-refractivity contribution in [1.29, 1.82) is 0 Å². The summed E-state index contributed by atoms with van der Waals surface area (Å²) in [5, 5.41) is 6.23. The maximum Gasteiger partial charge on any atom is 0.319 e. The van der Waals surface area contributed by atoms with Gasteiger partial charge < -0.3 is 15.5 Å². The van der Waals surface area contributed by atoms with Gasteiger partial charge in [-0.15, -0.1) is 0 Å². The summed E-state index contributed by atoms with van der Waals surface area (Å²) in [6.45, 7) is 5.46. The minimum absolute atomic E-state index is 0.0757. The number of hydrogen-bond donors (Lipinski definition) is 3. The van der Waals surface area contributed by atoms with Crippen molar-refractivity contribution in [2.24, 2.45) is 0 Å². The van der Waals surface area contributed by atoms with Crippen LogP contribution in [0, 0.1) is 0 Å². The molecule has 4 nitrogen and oxygen atoms in total. The van der Waals surface area contributed by atoms with Gasteiger partial charge in [0.05, 0.1) is 12.1 Å². The zero-order chi connectivity index (χ0) is 19.5. The highest BCUT2D eigenvalue weighted by Gasteiger charge is 2.44. The molecule has 4 heteroatoms. The third-order valence-corrected chi connectivity index (χ3v) is 6.47. The van der Waals surface area contributed by atoms with Gasteiger partial charge in [-0.1, -0.05) is 56.3 Å². The van der Waals surface area contributed by atoms with Gasteiger partial charge in [0.2, 0.25) is 0 Å². The molecule has 28 heavy (non-hydrogen) atoms. The number of benzene rings is 2. The predicted molar refractivity (Wildman–Crippen MR) is 114 cm³/mol. The molecule has 0 spiro atoms. The number of urea groups is 1. The average molecular weight is 379 g/mol. The van der Waals surface area contributed by atoms with Gasteiger partial charge in [0.1, 0.15) is 6.54 Å². The van der Waals surface area contributed by atoms with E-state index in [1.807, 2.05) is 12.1 Å². The zero-order valence-corrected chi connectivity index (χ0v) is 16.9. The van der Waals surface area contributed by atoms with E-state index in [1.54, 1.807) is 4.90 Å². The van der Waals surface area contributed by atoms with Crippen molar-refractivity contribution >= 4 is 11.7 Å². The number of anilines is 1. The SMILES string of the molecule is CC(C)c1ccc(NC(=O)NC2C[C@H]3CC[C@@H](C2)[NH+]3Cc2ccccc2)cc1. The van der Waals surface area contributed by atoms with Crippen molar-refractivity contribution in [1.82, 2.24) is 5.32 Å². The minimum Gasteiger partial charge on any atom is -0.335 e. The van der Waals surface area contributed by atoms with Gasteiger partial charge in [-0.2, -0.15) is 0 Å². The van der Waals surface area contributed by atoms with E-state index in [1.165, 1.54) is 24.0 Å². The highest BCUT2D eigenvalue weighted by atomic mass is 16.2. The van der Waals surface area contributed by atoms with Crippen molar-refractivity contribution in [3.05, 3.63) is 65.7 Å². The lowest BCUT2D eigenvalue weighted by atomic mass is 9.96. The van der Waals surface area contributed by atoms with E-state index in [9.17, 15) is 4.79 Å². The van der Waals surface area contributed by atoms with Crippen LogP contribution in [0.3, 0.4) is 0 Å².